The van der Waals surface area contributed by atoms with Crippen LogP contribution in [0.2, 0.25) is 0 Å². The van der Waals surface area contributed by atoms with Gasteiger partial charge in [-0.2, -0.15) is 0 Å². The summed E-state index contributed by atoms with van der Waals surface area (Å²) in [6.07, 6.45) is 9.19. The molecular weight excluding hydrogens is 428 g/mol. The zero-order chi connectivity index (χ0) is 23.2. The maximum absolute atomic E-state index is 12.0. The Labute approximate surface area is 196 Å². The van der Waals surface area contributed by atoms with Crippen molar-refractivity contribution in [2.45, 2.75) is 96.1 Å². The molecule has 0 aromatic carbocycles. The fourth-order valence-electron chi connectivity index (χ4n) is 5.19. The van der Waals surface area contributed by atoms with E-state index in [4.69, 9.17) is 28.4 Å². The molecular formula is C25H40O8. The van der Waals surface area contributed by atoms with Crippen molar-refractivity contribution in [2.24, 2.45) is 23.7 Å². The van der Waals surface area contributed by atoms with Gasteiger partial charge in [-0.1, -0.05) is 6.92 Å². The Balaban J connectivity index is 1.00. The maximum Gasteiger partial charge on any atom is 0.508 e. The summed E-state index contributed by atoms with van der Waals surface area (Å²) in [6.45, 7) is 5.77. The van der Waals surface area contributed by atoms with Crippen molar-refractivity contribution in [2.75, 3.05) is 26.4 Å². The van der Waals surface area contributed by atoms with Gasteiger partial charge < -0.3 is 28.4 Å². The number of rotatable bonds is 11. The number of carbonyl (C=O) groups excluding carboxylic acids is 2. The van der Waals surface area contributed by atoms with Gasteiger partial charge in [0.1, 0.15) is 0 Å². The number of hydrogen-bond donors (Lipinski definition) is 0. The average molecular weight is 469 g/mol. The molecule has 6 atom stereocenters. The Kier molecular flexibility index (Phi) is 8.74. The van der Waals surface area contributed by atoms with Crippen molar-refractivity contribution in [3.8, 4) is 0 Å². The highest BCUT2D eigenvalue weighted by molar-refractivity contribution is 5.60. The Morgan fingerprint density at radius 2 is 1.33 bits per heavy atom. The number of ether oxygens (including phenoxy) is 6. The van der Waals surface area contributed by atoms with Gasteiger partial charge in [0.25, 0.3) is 0 Å². The van der Waals surface area contributed by atoms with Gasteiger partial charge in [-0.15, -0.1) is 0 Å². The minimum absolute atomic E-state index is 0.313. The van der Waals surface area contributed by atoms with E-state index in [-0.39, 0.29) is 0 Å². The van der Waals surface area contributed by atoms with Gasteiger partial charge in [-0.05, 0) is 88.4 Å². The fraction of sp³-hybridized carbons (Fsp3) is 0.920. The summed E-state index contributed by atoms with van der Waals surface area (Å²) < 4.78 is 32.3. The second-order valence-electron chi connectivity index (χ2n) is 10.4. The van der Waals surface area contributed by atoms with E-state index in [1.54, 1.807) is 0 Å². The molecule has 2 heterocycles. The van der Waals surface area contributed by atoms with Crippen LogP contribution in [0.25, 0.3) is 0 Å². The molecule has 0 radical (unpaired) electrons. The summed E-state index contributed by atoms with van der Waals surface area (Å²) in [5.74, 6) is 1.39. The van der Waals surface area contributed by atoms with E-state index in [1.807, 2.05) is 0 Å². The van der Waals surface area contributed by atoms with Gasteiger partial charge in [0.2, 0.25) is 0 Å². The molecule has 4 rings (SSSR count). The van der Waals surface area contributed by atoms with Crippen LogP contribution in [-0.4, -0.2) is 63.2 Å². The zero-order valence-corrected chi connectivity index (χ0v) is 20.1. The number of carbonyl (C=O) groups is 2. The lowest BCUT2D eigenvalue weighted by Gasteiger charge is -2.27. The summed E-state index contributed by atoms with van der Waals surface area (Å²) >= 11 is 0. The van der Waals surface area contributed by atoms with E-state index in [9.17, 15) is 9.59 Å². The second kappa shape index (κ2) is 11.7. The van der Waals surface area contributed by atoms with E-state index in [2.05, 4.69) is 13.8 Å². The van der Waals surface area contributed by atoms with Crippen LogP contribution in [0, 0.1) is 23.7 Å². The normalized spacial score (nSPS) is 35.6. The maximum atomic E-state index is 12.0. The molecule has 2 aliphatic heterocycles. The quantitative estimate of drug-likeness (QED) is 0.313. The summed E-state index contributed by atoms with van der Waals surface area (Å²) in [7, 11) is 0. The van der Waals surface area contributed by atoms with Gasteiger partial charge in [0.05, 0.1) is 50.8 Å². The van der Waals surface area contributed by atoms with Crippen LogP contribution in [0.5, 0.6) is 0 Å². The molecule has 0 aromatic rings. The van der Waals surface area contributed by atoms with Crippen molar-refractivity contribution >= 4 is 12.3 Å². The molecule has 0 amide bonds. The molecule has 4 aliphatic rings. The predicted octanol–water partition coefficient (Wildman–Crippen LogP) is 4.87. The molecule has 188 valence electrons. The first-order valence-electron chi connectivity index (χ1n) is 12.9. The summed E-state index contributed by atoms with van der Waals surface area (Å²) in [6, 6.07) is 0. The number of epoxide rings is 2. The third-order valence-electron chi connectivity index (χ3n) is 7.81. The average Bonchev–Trinajstić information content (AvgIpc) is 3.75. The van der Waals surface area contributed by atoms with Crippen molar-refractivity contribution in [1.82, 2.24) is 0 Å². The predicted molar refractivity (Wildman–Crippen MR) is 119 cm³/mol. The lowest BCUT2D eigenvalue weighted by atomic mass is 9.83. The highest BCUT2D eigenvalue weighted by Gasteiger charge is 2.44. The first kappa shape index (κ1) is 24.6. The molecule has 0 N–H and O–H groups in total. The molecule has 8 heteroatoms. The molecule has 6 unspecified atom stereocenters. The summed E-state index contributed by atoms with van der Waals surface area (Å²) in [5, 5.41) is 0. The van der Waals surface area contributed by atoms with E-state index >= 15 is 0 Å². The van der Waals surface area contributed by atoms with Gasteiger partial charge in [0, 0.05) is 0 Å². The Bertz CT molecular complexity index is 646. The summed E-state index contributed by atoms with van der Waals surface area (Å²) in [4.78, 5) is 23.9. The molecule has 33 heavy (non-hydrogen) atoms. The molecule has 2 saturated carbocycles. The van der Waals surface area contributed by atoms with Gasteiger partial charge in [-0.3, -0.25) is 0 Å². The van der Waals surface area contributed by atoms with Crippen LogP contribution in [-0.2, 0) is 28.4 Å². The fourth-order valence-corrected chi connectivity index (χ4v) is 5.19. The molecule has 0 spiro atoms. The Morgan fingerprint density at radius 1 is 0.788 bits per heavy atom. The highest BCUT2D eigenvalue weighted by Crippen LogP contribution is 2.39. The van der Waals surface area contributed by atoms with Gasteiger partial charge in [0.15, 0.2) is 0 Å². The summed E-state index contributed by atoms with van der Waals surface area (Å²) in [5.41, 5.74) is 0. The van der Waals surface area contributed by atoms with Crippen molar-refractivity contribution in [3.63, 3.8) is 0 Å². The lowest BCUT2D eigenvalue weighted by molar-refractivity contribution is 0.0146. The van der Waals surface area contributed by atoms with Crippen LogP contribution in [0.4, 0.5) is 9.59 Å². The second-order valence-corrected chi connectivity index (χ2v) is 10.4. The van der Waals surface area contributed by atoms with E-state index in [1.165, 1.54) is 0 Å². The molecule has 2 saturated heterocycles. The van der Waals surface area contributed by atoms with Crippen molar-refractivity contribution < 1.29 is 38.0 Å². The highest BCUT2D eigenvalue weighted by atomic mass is 16.7. The first-order chi connectivity index (χ1) is 16.0. The topological polar surface area (TPSA) is 96.1 Å². The minimum Gasteiger partial charge on any atom is -0.434 e. The number of fused-ring (bicyclic) bond motifs is 1. The van der Waals surface area contributed by atoms with Crippen LogP contribution in [0.1, 0.15) is 71.6 Å². The van der Waals surface area contributed by atoms with Crippen LogP contribution < -0.4 is 0 Å². The molecule has 0 bridgehead atoms. The molecule has 8 nitrogen and oxygen atoms in total. The SMILES string of the molecule is CCC(COC(=O)OCC1CCC(COC(=O)OCC2CCC3OC3C2)CC1)CC1OC1C. The van der Waals surface area contributed by atoms with Crippen LogP contribution >= 0.6 is 0 Å². The Hall–Kier alpha value is -1.54. The largest absolute Gasteiger partial charge is 0.508 e. The van der Waals surface area contributed by atoms with Crippen molar-refractivity contribution in [3.05, 3.63) is 0 Å². The third kappa shape index (κ3) is 8.02. The third-order valence-corrected chi connectivity index (χ3v) is 7.81. The zero-order valence-electron chi connectivity index (χ0n) is 20.1. The smallest absolute Gasteiger partial charge is 0.434 e. The monoisotopic (exact) mass is 468 g/mol. The van der Waals surface area contributed by atoms with Gasteiger partial charge >= 0.3 is 12.3 Å². The van der Waals surface area contributed by atoms with E-state index in [0.29, 0.717) is 74.5 Å². The number of hydrogen-bond acceptors (Lipinski definition) is 8. The van der Waals surface area contributed by atoms with E-state index in [0.717, 1.165) is 57.8 Å². The first-order valence-corrected chi connectivity index (χ1v) is 12.9. The Morgan fingerprint density at radius 3 is 1.88 bits per heavy atom. The minimum atomic E-state index is -0.576. The van der Waals surface area contributed by atoms with Crippen LogP contribution in [0.3, 0.4) is 0 Å². The van der Waals surface area contributed by atoms with Crippen molar-refractivity contribution in [1.29, 1.82) is 0 Å². The lowest BCUT2D eigenvalue weighted by Crippen LogP contribution is -2.25. The molecule has 2 aliphatic carbocycles. The molecule has 4 fully saturated rings. The van der Waals surface area contributed by atoms with Crippen LogP contribution in [0.15, 0.2) is 0 Å². The van der Waals surface area contributed by atoms with Gasteiger partial charge in [-0.25, -0.2) is 9.59 Å². The standard InChI is InChI=1S/C25H40O8/c1-3-17(10-22-16(2)32-22)12-28-24(26)29-13-18-4-6-19(7-5-18)14-30-25(27)31-15-20-8-9-21-23(11-20)33-21/h16-23H,3-15H2,1-2H3. The van der Waals surface area contributed by atoms with E-state index < -0.39 is 12.3 Å². The molecule has 0 aromatic heterocycles.